The number of benzene rings is 4. The molecule has 7 heteroatoms. The zero-order valence-corrected chi connectivity index (χ0v) is 17.3. The second-order valence-electron chi connectivity index (χ2n) is 7.64. The van der Waals surface area contributed by atoms with Crippen molar-refractivity contribution in [3.63, 3.8) is 0 Å². The van der Waals surface area contributed by atoms with Gasteiger partial charge in [-0.3, -0.25) is 0 Å². The number of nitrogens with zero attached hydrogens (tertiary/aromatic N) is 1. The predicted molar refractivity (Wildman–Crippen MR) is 120 cm³/mol. The van der Waals surface area contributed by atoms with Crippen molar-refractivity contribution in [2.24, 2.45) is 0 Å². The van der Waals surface area contributed by atoms with Crippen molar-refractivity contribution in [2.45, 2.75) is 0 Å². The molecule has 5 aromatic rings. The lowest BCUT2D eigenvalue weighted by molar-refractivity contribution is 0.381. The Morgan fingerprint density at radius 1 is 0.559 bits per heavy atom. The van der Waals surface area contributed by atoms with E-state index in [2.05, 4.69) is 4.98 Å². The van der Waals surface area contributed by atoms with Crippen LogP contribution in [0.5, 0.6) is 5.75 Å². The zero-order chi connectivity index (χ0) is 24.0. The van der Waals surface area contributed by atoms with Gasteiger partial charge in [-0.2, -0.15) is 0 Å². The number of aromatic nitrogens is 1. The molecule has 4 aromatic carbocycles. The van der Waals surface area contributed by atoms with Gasteiger partial charge in [0.1, 0.15) is 5.75 Å². The molecule has 0 aliphatic carbocycles. The number of pyridine rings is 1. The first kappa shape index (κ1) is 21.6. The van der Waals surface area contributed by atoms with Crippen LogP contribution >= 0.6 is 0 Å². The quantitative estimate of drug-likeness (QED) is 0.169. The number of rotatable bonds is 3. The van der Waals surface area contributed by atoms with Crippen molar-refractivity contribution in [1.82, 2.24) is 4.98 Å². The molecule has 34 heavy (non-hydrogen) atoms. The Kier molecular flexibility index (Phi) is 5.24. The van der Waals surface area contributed by atoms with E-state index in [-0.39, 0.29) is 11.4 Å². The molecule has 0 aliphatic heterocycles. The van der Waals surface area contributed by atoms with E-state index in [1.165, 1.54) is 6.07 Å². The minimum absolute atomic E-state index is 0.114. The lowest BCUT2D eigenvalue weighted by Crippen LogP contribution is -2.05. The van der Waals surface area contributed by atoms with Crippen LogP contribution in [-0.4, -0.2) is 10.1 Å². The summed E-state index contributed by atoms with van der Waals surface area (Å²) in [4.78, 5) is 4.24. The standard InChI is InChI=1S/C27H14F5NO/c28-23-22(24(29)26(31)27(32)25(23)30)21-13-18(15-4-2-1-3-5-15)19-12-16(8-11-20(19)33-21)14-6-9-17(34)10-7-14/h1-13,34H. The SMILES string of the molecule is Oc1ccc(-c2ccc3nc(-c4c(F)c(F)c(F)c(F)c4F)cc(-c4ccccc4)c3c2)cc1. The van der Waals surface area contributed by atoms with Gasteiger partial charge in [0.25, 0.3) is 0 Å². The van der Waals surface area contributed by atoms with E-state index in [9.17, 15) is 27.1 Å². The van der Waals surface area contributed by atoms with Crippen molar-refractivity contribution in [1.29, 1.82) is 0 Å². The monoisotopic (exact) mass is 463 g/mol. The van der Waals surface area contributed by atoms with Gasteiger partial charge in [0, 0.05) is 5.39 Å². The highest BCUT2D eigenvalue weighted by molar-refractivity contribution is 5.99. The molecule has 0 saturated carbocycles. The molecule has 0 aliphatic rings. The smallest absolute Gasteiger partial charge is 0.200 e. The second-order valence-corrected chi connectivity index (χ2v) is 7.64. The van der Waals surface area contributed by atoms with Gasteiger partial charge in [-0.15, -0.1) is 0 Å². The fourth-order valence-corrected chi connectivity index (χ4v) is 3.87. The number of hydrogen-bond donors (Lipinski definition) is 1. The summed E-state index contributed by atoms with van der Waals surface area (Å²) in [5, 5.41) is 10.2. The summed E-state index contributed by atoms with van der Waals surface area (Å²) >= 11 is 0. The van der Waals surface area contributed by atoms with Gasteiger partial charge in [-0.1, -0.05) is 48.5 Å². The molecule has 1 heterocycles. The number of fused-ring (bicyclic) bond motifs is 1. The first-order valence-electron chi connectivity index (χ1n) is 10.2. The molecular formula is C27H14F5NO. The van der Waals surface area contributed by atoms with Crippen LogP contribution in [0.4, 0.5) is 22.0 Å². The summed E-state index contributed by atoms with van der Waals surface area (Å²) < 4.78 is 70.5. The van der Waals surface area contributed by atoms with Gasteiger partial charge in [0.2, 0.25) is 5.82 Å². The second kappa shape index (κ2) is 8.26. The van der Waals surface area contributed by atoms with Crippen molar-refractivity contribution < 1.29 is 27.1 Å². The maximum atomic E-state index is 14.6. The van der Waals surface area contributed by atoms with Crippen LogP contribution in [-0.2, 0) is 0 Å². The molecule has 1 N–H and O–H groups in total. The molecule has 0 bridgehead atoms. The van der Waals surface area contributed by atoms with Gasteiger partial charge in [-0.25, -0.2) is 26.9 Å². The fraction of sp³-hybridized carbons (Fsp3) is 0. The molecule has 5 rings (SSSR count). The van der Waals surface area contributed by atoms with Gasteiger partial charge < -0.3 is 5.11 Å². The zero-order valence-electron chi connectivity index (χ0n) is 17.3. The molecular weight excluding hydrogens is 449 g/mol. The van der Waals surface area contributed by atoms with Crippen molar-refractivity contribution in [3.8, 4) is 39.3 Å². The van der Waals surface area contributed by atoms with E-state index in [0.717, 1.165) is 11.1 Å². The van der Waals surface area contributed by atoms with Crippen LogP contribution in [0.3, 0.4) is 0 Å². The Balaban J connectivity index is 1.81. The van der Waals surface area contributed by atoms with E-state index in [4.69, 9.17) is 0 Å². The Bertz CT molecular complexity index is 1520. The molecule has 0 amide bonds. The largest absolute Gasteiger partial charge is 0.508 e. The van der Waals surface area contributed by atoms with Crippen molar-refractivity contribution in [2.75, 3.05) is 0 Å². The molecule has 0 saturated heterocycles. The lowest BCUT2D eigenvalue weighted by Gasteiger charge is -2.14. The third-order valence-corrected chi connectivity index (χ3v) is 5.56. The van der Waals surface area contributed by atoms with E-state index in [1.807, 2.05) is 6.07 Å². The average Bonchev–Trinajstić information content (AvgIpc) is 2.86. The Morgan fingerprint density at radius 2 is 1.15 bits per heavy atom. The van der Waals surface area contributed by atoms with E-state index < -0.39 is 34.6 Å². The molecule has 1 aromatic heterocycles. The van der Waals surface area contributed by atoms with E-state index in [0.29, 0.717) is 22.0 Å². The van der Waals surface area contributed by atoms with Crippen LogP contribution in [0.15, 0.2) is 78.9 Å². The number of halogens is 5. The summed E-state index contributed by atoms with van der Waals surface area (Å²) in [5.74, 6) is -10.0. The van der Waals surface area contributed by atoms with Crippen LogP contribution < -0.4 is 0 Å². The Morgan fingerprint density at radius 3 is 1.79 bits per heavy atom. The number of phenolic OH excluding ortho intramolecular Hbond substituents is 1. The number of aromatic hydroxyl groups is 1. The average molecular weight is 463 g/mol. The molecule has 168 valence electrons. The maximum Gasteiger partial charge on any atom is 0.200 e. The van der Waals surface area contributed by atoms with Gasteiger partial charge in [0.05, 0.1) is 16.8 Å². The minimum atomic E-state index is -2.22. The first-order valence-corrected chi connectivity index (χ1v) is 10.2. The first-order chi connectivity index (χ1) is 16.3. The molecule has 0 radical (unpaired) electrons. The van der Waals surface area contributed by atoms with Crippen LogP contribution in [0.25, 0.3) is 44.4 Å². The predicted octanol–water partition coefficient (Wildman–Crippen LogP) is 7.64. The fourth-order valence-electron chi connectivity index (χ4n) is 3.87. The highest BCUT2D eigenvalue weighted by Crippen LogP contribution is 2.37. The van der Waals surface area contributed by atoms with Crippen LogP contribution in [0, 0.1) is 29.1 Å². The maximum absolute atomic E-state index is 14.6. The summed E-state index contributed by atoms with van der Waals surface area (Å²) in [6.45, 7) is 0. The summed E-state index contributed by atoms with van der Waals surface area (Å²) in [5.41, 5.74) is 1.61. The van der Waals surface area contributed by atoms with E-state index in [1.54, 1.807) is 66.7 Å². The van der Waals surface area contributed by atoms with Gasteiger partial charge in [-0.05, 0) is 52.6 Å². The lowest BCUT2D eigenvalue weighted by atomic mass is 9.95. The van der Waals surface area contributed by atoms with Crippen LogP contribution in [0.1, 0.15) is 0 Å². The number of phenols is 1. The minimum Gasteiger partial charge on any atom is -0.508 e. The van der Waals surface area contributed by atoms with Gasteiger partial charge in [0.15, 0.2) is 23.3 Å². The molecule has 2 nitrogen and oxygen atoms in total. The van der Waals surface area contributed by atoms with Gasteiger partial charge >= 0.3 is 0 Å². The van der Waals surface area contributed by atoms with Crippen molar-refractivity contribution in [3.05, 3.63) is 108 Å². The molecule has 0 fully saturated rings. The topological polar surface area (TPSA) is 33.1 Å². The highest BCUT2D eigenvalue weighted by atomic mass is 19.2. The molecule has 0 atom stereocenters. The molecule has 0 spiro atoms. The Hall–Kier alpha value is -4.26. The normalized spacial score (nSPS) is 11.2. The highest BCUT2D eigenvalue weighted by Gasteiger charge is 2.28. The van der Waals surface area contributed by atoms with E-state index >= 15 is 0 Å². The Labute approximate surface area is 190 Å². The third kappa shape index (κ3) is 3.55. The third-order valence-electron chi connectivity index (χ3n) is 5.56. The number of hydrogen-bond acceptors (Lipinski definition) is 2. The van der Waals surface area contributed by atoms with Crippen LogP contribution in [0.2, 0.25) is 0 Å². The molecule has 0 unspecified atom stereocenters. The van der Waals surface area contributed by atoms with Crippen molar-refractivity contribution >= 4 is 10.9 Å². The summed E-state index contributed by atoms with van der Waals surface area (Å²) in [7, 11) is 0. The summed E-state index contributed by atoms with van der Waals surface area (Å²) in [6, 6.07) is 21.9. The summed E-state index contributed by atoms with van der Waals surface area (Å²) in [6.07, 6.45) is 0.